The summed E-state index contributed by atoms with van der Waals surface area (Å²) in [5, 5.41) is 5.55. The summed E-state index contributed by atoms with van der Waals surface area (Å²) >= 11 is 1.43. The van der Waals surface area contributed by atoms with Crippen molar-refractivity contribution in [2.24, 2.45) is 5.73 Å². The zero-order valence-corrected chi connectivity index (χ0v) is 11.5. The Morgan fingerprint density at radius 1 is 1.61 bits per heavy atom. The van der Waals surface area contributed by atoms with E-state index in [1.54, 1.807) is 5.38 Å². The molecule has 5 nitrogen and oxygen atoms in total. The monoisotopic (exact) mass is 268 g/mol. The summed E-state index contributed by atoms with van der Waals surface area (Å²) < 4.78 is 0. The van der Waals surface area contributed by atoms with Gasteiger partial charge >= 0.3 is 0 Å². The molecule has 0 radical (unpaired) electrons. The summed E-state index contributed by atoms with van der Waals surface area (Å²) in [7, 11) is 0. The van der Waals surface area contributed by atoms with Crippen molar-refractivity contribution in [3.05, 3.63) is 16.1 Å². The fourth-order valence-corrected chi connectivity index (χ4v) is 2.86. The second-order valence-corrected chi connectivity index (χ2v) is 5.66. The highest BCUT2D eigenvalue weighted by Gasteiger charge is 2.17. The lowest BCUT2D eigenvalue weighted by Crippen LogP contribution is -2.41. The smallest absolute Gasteiger partial charge is 0.271 e. The van der Waals surface area contributed by atoms with Crippen molar-refractivity contribution in [3.8, 4) is 0 Å². The number of hydrogen-bond acceptors (Lipinski definition) is 5. The maximum absolute atomic E-state index is 11.9. The van der Waals surface area contributed by atoms with Crippen LogP contribution in [0.4, 0.5) is 0 Å². The molecule has 1 atom stereocenters. The van der Waals surface area contributed by atoms with Gasteiger partial charge in [-0.1, -0.05) is 0 Å². The number of thiazole rings is 1. The largest absolute Gasteiger partial charge is 0.347 e. The van der Waals surface area contributed by atoms with E-state index in [0.29, 0.717) is 12.2 Å². The van der Waals surface area contributed by atoms with Crippen molar-refractivity contribution >= 4 is 17.2 Å². The van der Waals surface area contributed by atoms with E-state index in [9.17, 15) is 4.79 Å². The Bertz CT molecular complexity index is 401. The average molecular weight is 268 g/mol. The molecule has 0 aromatic carbocycles. The molecule has 3 N–H and O–H groups in total. The molecule has 1 fully saturated rings. The van der Waals surface area contributed by atoms with Gasteiger partial charge in [-0.3, -0.25) is 4.79 Å². The van der Waals surface area contributed by atoms with Crippen LogP contribution in [0.3, 0.4) is 0 Å². The van der Waals surface area contributed by atoms with Crippen LogP contribution in [0.1, 0.15) is 35.3 Å². The van der Waals surface area contributed by atoms with Gasteiger partial charge in [-0.05, 0) is 32.9 Å². The van der Waals surface area contributed by atoms with Crippen molar-refractivity contribution in [1.82, 2.24) is 15.2 Å². The van der Waals surface area contributed by atoms with Crippen LogP contribution >= 0.6 is 11.3 Å². The first kappa shape index (κ1) is 13.5. The van der Waals surface area contributed by atoms with Crippen LogP contribution in [0.25, 0.3) is 0 Å². The van der Waals surface area contributed by atoms with Crippen LogP contribution in [0.15, 0.2) is 5.38 Å². The van der Waals surface area contributed by atoms with Crippen LogP contribution in [0.5, 0.6) is 0 Å². The first-order valence-corrected chi connectivity index (χ1v) is 7.24. The van der Waals surface area contributed by atoms with Gasteiger partial charge in [-0.25, -0.2) is 4.98 Å². The number of rotatable bonds is 5. The molecular formula is C12H20N4OS. The fraction of sp³-hybridized carbons (Fsp3) is 0.667. The quantitative estimate of drug-likeness (QED) is 0.829. The molecule has 100 valence electrons. The van der Waals surface area contributed by atoms with Crippen molar-refractivity contribution in [3.63, 3.8) is 0 Å². The predicted octanol–water partition coefficient (Wildman–Crippen LogP) is 0.816. The molecule has 1 aliphatic rings. The van der Waals surface area contributed by atoms with Gasteiger partial charge in [0.2, 0.25) is 0 Å². The van der Waals surface area contributed by atoms with E-state index in [2.05, 4.69) is 15.2 Å². The molecule has 2 heterocycles. The highest BCUT2D eigenvalue weighted by molar-refractivity contribution is 7.09. The van der Waals surface area contributed by atoms with E-state index >= 15 is 0 Å². The van der Waals surface area contributed by atoms with Gasteiger partial charge in [0.1, 0.15) is 10.7 Å². The highest BCUT2D eigenvalue weighted by Crippen LogP contribution is 2.10. The minimum absolute atomic E-state index is 0.0994. The van der Waals surface area contributed by atoms with E-state index in [1.165, 1.54) is 24.2 Å². The molecule has 1 aromatic heterocycles. The van der Waals surface area contributed by atoms with Crippen molar-refractivity contribution in [1.29, 1.82) is 0 Å². The molecular weight excluding hydrogens is 248 g/mol. The number of likely N-dealkylation sites (tertiary alicyclic amines) is 1. The average Bonchev–Trinajstić information content (AvgIpc) is 2.98. The molecule has 1 unspecified atom stereocenters. The van der Waals surface area contributed by atoms with E-state index < -0.39 is 0 Å². The Morgan fingerprint density at radius 2 is 2.33 bits per heavy atom. The van der Waals surface area contributed by atoms with Crippen LogP contribution in [-0.2, 0) is 6.54 Å². The van der Waals surface area contributed by atoms with Gasteiger partial charge in [-0.2, -0.15) is 0 Å². The van der Waals surface area contributed by atoms with E-state index in [0.717, 1.165) is 24.6 Å². The number of aromatic nitrogens is 1. The number of nitrogens with zero attached hydrogens (tertiary/aromatic N) is 2. The molecule has 0 saturated carbocycles. The van der Waals surface area contributed by atoms with Crippen molar-refractivity contribution < 1.29 is 4.79 Å². The molecule has 0 aliphatic carbocycles. The van der Waals surface area contributed by atoms with Crippen LogP contribution in [-0.4, -0.2) is 41.5 Å². The summed E-state index contributed by atoms with van der Waals surface area (Å²) in [6, 6.07) is 0.152. The molecule has 1 aromatic rings. The lowest BCUT2D eigenvalue weighted by atomic mass is 10.3. The summed E-state index contributed by atoms with van der Waals surface area (Å²) in [4.78, 5) is 18.5. The lowest BCUT2D eigenvalue weighted by Gasteiger charge is -2.20. The van der Waals surface area contributed by atoms with E-state index in [4.69, 9.17) is 5.73 Å². The van der Waals surface area contributed by atoms with Gasteiger partial charge in [0.25, 0.3) is 5.91 Å². The van der Waals surface area contributed by atoms with Gasteiger partial charge in [0, 0.05) is 24.5 Å². The summed E-state index contributed by atoms with van der Waals surface area (Å²) in [6.07, 6.45) is 2.54. The maximum atomic E-state index is 11.9. The Balaban J connectivity index is 1.82. The normalized spacial score (nSPS) is 17.9. The number of hydrogen-bond donors (Lipinski definition) is 2. The molecule has 0 spiro atoms. The zero-order chi connectivity index (χ0) is 13.0. The number of carbonyl (C=O) groups excluding carboxylic acids is 1. The second-order valence-electron chi connectivity index (χ2n) is 4.71. The topological polar surface area (TPSA) is 71.2 Å². The van der Waals surface area contributed by atoms with Gasteiger partial charge in [0.15, 0.2) is 0 Å². The molecule has 1 saturated heterocycles. The summed E-state index contributed by atoms with van der Waals surface area (Å²) in [5.41, 5.74) is 5.96. The van der Waals surface area contributed by atoms with Gasteiger partial charge in [-0.15, -0.1) is 11.3 Å². The number of amides is 1. The Morgan fingerprint density at radius 3 is 2.94 bits per heavy atom. The second kappa shape index (κ2) is 6.26. The first-order valence-electron chi connectivity index (χ1n) is 6.36. The van der Waals surface area contributed by atoms with Crippen LogP contribution < -0.4 is 11.1 Å². The standard InChI is InChI=1S/C12H20N4OS/c1-9(7-16-4-2-3-5-16)14-12(17)10-8-18-11(6-13)15-10/h8-9H,2-7,13H2,1H3,(H,14,17). The third-order valence-corrected chi connectivity index (χ3v) is 3.94. The first-order chi connectivity index (χ1) is 8.69. The van der Waals surface area contributed by atoms with E-state index in [-0.39, 0.29) is 11.9 Å². The molecule has 1 amide bonds. The minimum atomic E-state index is -0.0994. The third-order valence-electron chi connectivity index (χ3n) is 3.07. The van der Waals surface area contributed by atoms with Crippen molar-refractivity contribution in [2.75, 3.05) is 19.6 Å². The highest BCUT2D eigenvalue weighted by atomic mass is 32.1. The maximum Gasteiger partial charge on any atom is 0.271 e. The number of nitrogens with one attached hydrogen (secondary N) is 1. The number of carbonyl (C=O) groups is 1. The molecule has 6 heteroatoms. The molecule has 1 aliphatic heterocycles. The molecule has 18 heavy (non-hydrogen) atoms. The SMILES string of the molecule is CC(CN1CCCC1)NC(=O)c1csc(CN)n1. The fourth-order valence-electron chi connectivity index (χ4n) is 2.20. The van der Waals surface area contributed by atoms with Gasteiger partial charge < -0.3 is 16.0 Å². The predicted molar refractivity (Wildman–Crippen MR) is 72.6 cm³/mol. The Labute approximate surface area is 111 Å². The third kappa shape index (κ3) is 3.51. The Hall–Kier alpha value is -0.980. The minimum Gasteiger partial charge on any atom is -0.347 e. The van der Waals surface area contributed by atoms with E-state index in [1.807, 2.05) is 6.92 Å². The molecule has 0 bridgehead atoms. The van der Waals surface area contributed by atoms with Crippen LogP contribution in [0, 0.1) is 0 Å². The lowest BCUT2D eigenvalue weighted by molar-refractivity contribution is 0.0927. The summed E-state index contributed by atoms with van der Waals surface area (Å²) in [5.74, 6) is -0.0994. The summed E-state index contributed by atoms with van der Waals surface area (Å²) in [6.45, 7) is 5.63. The number of nitrogens with two attached hydrogens (primary N) is 1. The van der Waals surface area contributed by atoms with Gasteiger partial charge in [0.05, 0.1) is 0 Å². The van der Waals surface area contributed by atoms with Crippen molar-refractivity contribution in [2.45, 2.75) is 32.4 Å². The zero-order valence-electron chi connectivity index (χ0n) is 10.7. The Kier molecular flexibility index (Phi) is 4.68. The van der Waals surface area contributed by atoms with Crippen LogP contribution in [0.2, 0.25) is 0 Å². The molecule has 2 rings (SSSR count).